The van der Waals surface area contributed by atoms with E-state index in [0.717, 1.165) is 0 Å². The van der Waals surface area contributed by atoms with E-state index in [1.54, 1.807) is 32.4 Å². The molecule has 2 heterocycles. The van der Waals surface area contributed by atoms with E-state index < -0.39 is 5.82 Å². The number of aryl methyl sites for hydroxylation is 1. The van der Waals surface area contributed by atoms with Crippen LogP contribution in [-0.2, 0) is 11.8 Å². The largest absolute Gasteiger partial charge is 0.491 e. The van der Waals surface area contributed by atoms with Gasteiger partial charge in [-0.1, -0.05) is 0 Å². The number of anilines is 2. The van der Waals surface area contributed by atoms with Gasteiger partial charge in [0.05, 0.1) is 6.61 Å². The summed E-state index contributed by atoms with van der Waals surface area (Å²) in [5.74, 6) is 0.0606. The summed E-state index contributed by atoms with van der Waals surface area (Å²) in [6.45, 7) is 0.699. The number of pyridine rings is 1. The predicted octanol–water partition coefficient (Wildman–Crippen LogP) is 2.48. The third-order valence-electron chi connectivity index (χ3n) is 4.00. The number of hydrogen-bond donors (Lipinski definition) is 2. The van der Waals surface area contributed by atoms with Crippen molar-refractivity contribution >= 4 is 17.5 Å². The van der Waals surface area contributed by atoms with Crippen LogP contribution in [0.5, 0.6) is 5.75 Å². The molecule has 0 spiro atoms. The maximum atomic E-state index is 13.8. The van der Waals surface area contributed by atoms with Crippen molar-refractivity contribution in [3.05, 3.63) is 54.1 Å². The minimum absolute atomic E-state index is 0.130. The van der Waals surface area contributed by atoms with Crippen molar-refractivity contribution in [2.24, 2.45) is 7.05 Å². The van der Waals surface area contributed by atoms with E-state index in [-0.39, 0.29) is 17.5 Å². The number of nitrogens with one attached hydrogen (secondary N) is 1. The number of nitrogens with two attached hydrogens (primary N) is 1. The third-order valence-corrected chi connectivity index (χ3v) is 4.00. The van der Waals surface area contributed by atoms with Gasteiger partial charge in [-0.2, -0.15) is 5.10 Å². The molecule has 1 aromatic carbocycles. The number of nitrogen functional groups attached to an aromatic ring is 1. The van der Waals surface area contributed by atoms with Gasteiger partial charge in [-0.3, -0.25) is 9.48 Å². The quantitative estimate of drug-likeness (QED) is 0.606. The monoisotopic (exact) mass is 385 g/mol. The number of carbonyl (C=O) groups excluding carboxylic acids is 1. The highest BCUT2D eigenvalue weighted by atomic mass is 19.1. The standard InChI is InChI=1S/C19H20FN5O3/c1-25-15(7-8-22-25)19(26)24-17-6-4-13(18(21)23-17)14-11-12(20)3-5-16(14)28-10-9-27-2/h3-8,11H,9-10H2,1-2H3,(H3,21,23,24,26). The Balaban J connectivity index is 1.85. The van der Waals surface area contributed by atoms with Gasteiger partial charge < -0.3 is 20.5 Å². The van der Waals surface area contributed by atoms with E-state index >= 15 is 0 Å². The van der Waals surface area contributed by atoms with E-state index in [1.165, 1.54) is 29.1 Å². The summed E-state index contributed by atoms with van der Waals surface area (Å²) in [7, 11) is 3.23. The van der Waals surface area contributed by atoms with Gasteiger partial charge in [-0.05, 0) is 36.4 Å². The molecule has 0 aliphatic carbocycles. The molecule has 146 valence electrons. The lowest BCUT2D eigenvalue weighted by molar-refractivity contribution is 0.101. The molecule has 0 unspecified atom stereocenters. The van der Waals surface area contributed by atoms with Gasteiger partial charge in [0.15, 0.2) is 0 Å². The Morgan fingerprint density at radius 3 is 2.71 bits per heavy atom. The summed E-state index contributed by atoms with van der Waals surface area (Å²) in [4.78, 5) is 16.5. The number of ether oxygens (including phenoxy) is 2. The molecule has 3 rings (SSSR count). The van der Waals surface area contributed by atoms with E-state index in [0.29, 0.717) is 35.8 Å². The van der Waals surface area contributed by atoms with Crippen molar-refractivity contribution < 1.29 is 18.7 Å². The Bertz CT molecular complexity index is 989. The number of aromatic nitrogens is 3. The van der Waals surface area contributed by atoms with Crippen LogP contribution in [0.25, 0.3) is 11.1 Å². The average molecular weight is 385 g/mol. The molecular formula is C19H20FN5O3. The molecule has 9 heteroatoms. The Labute approximate surface area is 161 Å². The number of amides is 1. The second-order valence-electron chi connectivity index (χ2n) is 5.91. The summed E-state index contributed by atoms with van der Waals surface area (Å²) in [5.41, 5.74) is 7.40. The number of nitrogens with zero attached hydrogens (tertiary/aromatic N) is 3. The van der Waals surface area contributed by atoms with Crippen molar-refractivity contribution in [3.8, 4) is 16.9 Å². The van der Waals surface area contributed by atoms with Crippen LogP contribution in [-0.4, -0.2) is 41.0 Å². The molecule has 0 radical (unpaired) electrons. The van der Waals surface area contributed by atoms with Gasteiger partial charge in [0.1, 0.15) is 35.5 Å². The van der Waals surface area contributed by atoms with E-state index in [9.17, 15) is 9.18 Å². The van der Waals surface area contributed by atoms with E-state index in [2.05, 4.69) is 15.4 Å². The van der Waals surface area contributed by atoms with Crippen molar-refractivity contribution in [2.45, 2.75) is 0 Å². The SMILES string of the molecule is COCCOc1ccc(F)cc1-c1ccc(NC(=O)c2ccnn2C)nc1N. The van der Waals surface area contributed by atoms with Crippen LogP contribution in [0.3, 0.4) is 0 Å². The Morgan fingerprint density at radius 2 is 2.04 bits per heavy atom. The minimum Gasteiger partial charge on any atom is -0.491 e. The number of benzene rings is 1. The highest BCUT2D eigenvalue weighted by molar-refractivity contribution is 6.02. The molecule has 3 aromatic rings. The summed E-state index contributed by atoms with van der Waals surface area (Å²) < 4.78 is 25.9. The van der Waals surface area contributed by atoms with Crippen LogP contribution in [0.1, 0.15) is 10.5 Å². The molecule has 0 atom stereocenters. The molecule has 28 heavy (non-hydrogen) atoms. The first-order valence-electron chi connectivity index (χ1n) is 8.47. The Hall–Kier alpha value is -3.46. The van der Waals surface area contributed by atoms with Gasteiger partial charge in [0, 0.05) is 31.5 Å². The maximum absolute atomic E-state index is 13.8. The summed E-state index contributed by atoms with van der Waals surface area (Å²) in [5, 5.41) is 6.61. The first-order valence-corrected chi connectivity index (χ1v) is 8.47. The van der Waals surface area contributed by atoms with E-state index in [1.807, 2.05) is 0 Å². The fraction of sp³-hybridized carbons (Fsp3) is 0.211. The fourth-order valence-electron chi connectivity index (χ4n) is 2.62. The number of rotatable bonds is 7. The Kier molecular flexibility index (Phi) is 5.85. The van der Waals surface area contributed by atoms with Crippen LogP contribution in [0.2, 0.25) is 0 Å². The van der Waals surface area contributed by atoms with Gasteiger partial charge in [0.2, 0.25) is 0 Å². The lowest BCUT2D eigenvalue weighted by Crippen LogP contribution is -2.17. The number of carbonyl (C=O) groups is 1. The first kappa shape index (κ1) is 19.3. The van der Waals surface area contributed by atoms with Gasteiger partial charge in [0.25, 0.3) is 5.91 Å². The topological polar surface area (TPSA) is 104 Å². The highest BCUT2D eigenvalue weighted by Crippen LogP contribution is 2.34. The van der Waals surface area contributed by atoms with Crippen LogP contribution < -0.4 is 15.8 Å². The van der Waals surface area contributed by atoms with Gasteiger partial charge in [-0.15, -0.1) is 0 Å². The number of methoxy groups -OCH3 is 1. The first-order chi connectivity index (χ1) is 13.5. The summed E-state index contributed by atoms with van der Waals surface area (Å²) in [6, 6.07) is 8.98. The molecule has 1 amide bonds. The lowest BCUT2D eigenvalue weighted by Gasteiger charge is -2.14. The highest BCUT2D eigenvalue weighted by Gasteiger charge is 2.15. The third kappa shape index (κ3) is 4.26. The predicted molar refractivity (Wildman–Crippen MR) is 103 cm³/mol. The molecule has 0 saturated heterocycles. The second kappa shape index (κ2) is 8.49. The van der Waals surface area contributed by atoms with Gasteiger partial charge in [-0.25, -0.2) is 9.37 Å². The molecular weight excluding hydrogens is 365 g/mol. The summed E-state index contributed by atoms with van der Waals surface area (Å²) in [6.07, 6.45) is 1.52. The van der Waals surface area contributed by atoms with Crippen molar-refractivity contribution in [1.82, 2.24) is 14.8 Å². The zero-order valence-electron chi connectivity index (χ0n) is 15.5. The van der Waals surface area contributed by atoms with Gasteiger partial charge >= 0.3 is 0 Å². The van der Waals surface area contributed by atoms with Crippen LogP contribution in [0.4, 0.5) is 16.0 Å². The molecule has 3 N–H and O–H groups in total. The van der Waals surface area contributed by atoms with Crippen molar-refractivity contribution in [2.75, 3.05) is 31.4 Å². The fourth-order valence-corrected chi connectivity index (χ4v) is 2.62. The molecule has 0 aliphatic rings. The normalized spacial score (nSPS) is 10.7. The van der Waals surface area contributed by atoms with Crippen LogP contribution >= 0.6 is 0 Å². The molecule has 0 aliphatic heterocycles. The number of halogens is 1. The second-order valence-corrected chi connectivity index (χ2v) is 5.91. The molecule has 8 nitrogen and oxygen atoms in total. The Morgan fingerprint density at radius 1 is 1.21 bits per heavy atom. The zero-order valence-corrected chi connectivity index (χ0v) is 15.5. The zero-order chi connectivity index (χ0) is 20.1. The summed E-state index contributed by atoms with van der Waals surface area (Å²) >= 11 is 0. The average Bonchev–Trinajstić information content (AvgIpc) is 3.09. The van der Waals surface area contributed by atoms with Crippen LogP contribution in [0.15, 0.2) is 42.6 Å². The molecule has 0 bridgehead atoms. The van der Waals surface area contributed by atoms with Crippen LogP contribution in [0, 0.1) is 5.82 Å². The molecule has 0 saturated carbocycles. The lowest BCUT2D eigenvalue weighted by atomic mass is 10.1. The number of hydrogen-bond acceptors (Lipinski definition) is 6. The van der Waals surface area contributed by atoms with E-state index in [4.69, 9.17) is 15.2 Å². The molecule has 2 aromatic heterocycles. The molecule has 0 fully saturated rings. The van der Waals surface area contributed by atoms with Crippen molar-refractivity contribution in [1.29, 1.82) is 0 Å². The van der Waals surface area contributed by atoms with Crippen molar-refractivity contribution in [3.63, 3.8) is 0 Å². The minimum atomic E-state index is -0.429. The maximum Gasteiger partial charge on any atom is 0.275 e. The smallest absolute Gasteiger partial charge is 0.275 e.